The van der Waals surface area contributed by atoms with Crippen molar-refractivity contribution in [3.05, 3.63) is 77.3 Å². The van der Waals surface area contributed by atoms with Crippen LogP contribution in [0.2, 0.25) is 0 Å². The Morgan fingerprint density at radius 3 is 2.02 bits per heavy atom. The number of rotatable bonds is 10. The van der Waals surface area contributed by atoms with Gasteiger partial charge in [-0.3, -0.25) is 0 Å². The van der Waals surface area contributed by atoms with Crippen molar-refractivity contribution in [1.29, 1.82) is 0 Å². The van der Waals surface area contributed by atoms with E-state index in [0.29, 0.717) is 23.6 Å². The third-order valence-corrected chi connectivity index (χ3v) is 8.42. The molecule has 0 aromatic heterocycles. The molecule has 2 aromatic carbocycles. The average Bonchev–Trinajstić information content (AvgIpc) is 2.92. The fourth-order valence-electron chi connectivity index (χ4n) is 6.30. The lowest BCUT2D eigenvalue weighted by atomic mass is 9.68. The summed E-state index contributed by atoms with van der Waals surface area (Å²) in [7, 11) is 0. The molecular weight excluding hydrogens is 549 g/mol. The van der Waals surface area contributed by atoms with E-state index >= 15 is 0 Å². The van der Waals surface area contributed by atoms with Crippen molar-refractivity contribution in [3.63, 3.8) is 0 Å². The van der Waals surface area contributed by atoms with Gasteiger partial charge in [-0.25, -0.2) is 13.2 Å². The predicted molar refractivity (Wildman–Crippen MR) is 143 cm³/mol. The molecule has 224 valence electrons. The van der Waals surface area contributed by atoms with E-state index in [9.17, 15) is 30.7 Å². The van der Waals surface area contributed by atoms with Crippen LogP contribution in [0, 0.1) is 41.1 Å². The van der Waals surface area contributed by atoms with E-state index in [2.05, 4.69) is 16.4 Å². The summed E-state index contributed by atoms with van der Waals surface area (Å²) in [6.45, 7) is 2.25. The lowest BCUT2D eigenvalue weighted by Crippen LogP contribution is -2.25. The maximum Gasteiger partial charge on any atom is 0.429 e. The predicted octanol–water partition coefficient (Wildman–Crippen LogP) is 10.8. The minimum Gasteiger partial charge on any atom is -0.453 e. The molecule has 0 radical (unpaired) electrons. The number of hydrogen-bond acceptors (Lipinski definition) is 2. The number of alkyl halides is 2. The van der Waals surface area contributed by atoms with Gasteiger partial charge in [0.25, 0.3) is 0 Å². The van der Waals surface area contributed by atoms with Gasteiger partial charge < -0.3 is 9.47 Å². The van der Waals surface area contributed by atoms with Crippen molar-refractivity contribution in [1.82, 2.24) is 0 Å². The zero-order valence-electron chi connectivity index (χ0n) is 23.0. The molecule has 0 N–H and O–H groups in total. The van der Waals surface area contributed by atoms with E-state index in [1.807, 2.05) is 6.08 Å². The highest BCUT2D eigenvalue weighted by Gasteiger charge is 2.38. The Hall–Kier alpha value is -2.97. The molecule has 4 rings (SSSR count). The minimum atomic E-state index is -4.27. The summed E-state index contributed by atoms with van der Waals surface area (Å²) in [5.74, 6) is -3.72. The van der Waals surface area contributed by atoms with Gasteiger partial charge in [-0.2, -0.15) is 17.6 Å². The van der Waals surface area contributed by atoms with E-state index in [1.165, 1.54) is 57.4 Å². The van der Waals surface area contributed by atoms with E-state index in [-0.39, 0.29) is 6.26 Å². The molecule has 2 aliphatic rings. The lowest BCUT2D eigenvalue weighted by Gasteiger charge is -2.37. The summed E-state index contributed by atoms with van der Waals surface area (Å²) in [6, 6.07) is 3.80. The third kappa shape index (κ3) is 8.29. The zero-order valence-corrected chi connectivity index (χ0v) is 23.0. The number of benzene rings is 2. The first-order valence-corrected chi connectivity index (χ1v) is 14.3. The van der Waals surface area contributed by atoms with E-state index in [1.54, 1.807) is 6.08 Å². The Kier molecular flexibility index (Phi) is 10.4. The molecular formula is C32H35F7O2. The smallest absolute Gasteiger partial charge is 0.429 e. The van der Waals surface area contributed by atoms with E-state index < -0.39 is 46.7 Å². The molecule has 41 heavy (non-hydrogen) atoms. The molecule has 2 fully saturated rings. The van der Waals surface area contributed by atoms with Crippen LogP contribution in [0.4, 0.5) is 30.7 Å². The lowest BCUT2D eigenvalue weighted by molar-refractivity contribution is -0.187. The Morgan fingerprint density at radius 2 is 1.46 bits per heavy atom. The standard InChI is InChI=1S/C32H35F7O2/c1-2-3-20-6-11-23(12-7-20)24-13-8-21(9-14-24)4-5-22-10-15-26(27(33)16-22)32(38,39)41-25-17-28(34)31(29(35)18-25)40-19-30(36)37/h4-5,10,15-21,23-24H,2-3,6-9,11-14H2,1H3. The second kappa shape index (κ2) is 13.8. The van der Waals surface area contributed by atoms with Crippen LogP contribution in [0.1, 0.15) is 82.3 Å². The molecule has 2 aromatic rings. The van der Waals surface area contributed by atoms with Gasteiger partial charge in [0.15, 0.2) is 23.6 Å². The van der Waals surface area contributed by atoms with Crippen molar-refractivity contribution in [2.75, 3.05) is 0 Å². The Labute approximate surface area is 236 Å². The van der Waals surface area contributed by atoms with Crippen molar-refractivity contribution in [2.24, 2.45) is 23.7 Å². The summed E-state index contributed by atoms with van der Waals surface area (Å²) < 4.78 is 105. The first kappa shape index (κ1) is 31.0. The van der Waals surface area contributed by atoms with E-state index in [0.717, 1.165) is 42.7 Å². The Bertz CT molecular complexity index is 1200. The third-order valence-electron chi connectivity index (χ3n) is 8.42. The number of halogens is 7. The highest BCUT2D eigenvalue weighted by atomic mass is 19.3. The molecule has 0 heterocycles. The fourth-order valence-corrected chi connectivity index (χ4v) is 6.30. The molecule has 2 saturated carbocycles. The van der Waals surface area contributed by atoms with Crippen LogP contribution in [0.5, 0.6) is 11.5 Å². The largest absolute Gasteiger partial charge is 0.453 e. The fraction of sp³-hybridized carbons (Fsp3) is 0.500. The quantitative estimate of drug-likeness (QED) is 0.204. The van der Waals surface area contributed by atoms with Gasteiger partial charge in [-0.1, -0.05) is 50.8 Å². The molecule has 0 unspecified atom stereocenters. The molecule has 0 amide bonds. The van der Waals surface area contributed by atoms with E-state index in [4.69, 9.17) is 0 Å². The maximum absolute atomic E-state index is 14.7. The van der Waals surface area contributed by atoms with Crippen LogP contribution in [-0.4, -0.2) is 0 Å². The van der Waals surface area contributed by atoms with Gasteiger partial charge in [0, 0.05) is 12.1 Å². The molecule has 2 aliphatic carbocycles. The minimum absolute atomic E-state index is 0.202. The van der Waals surface area contributed by atoms with Crippen LogP contribution in [0.3, 0.4) is 0 Å². The van der Waals surface area contributed by atoms with Gasteiger partial charge in [0.05, 0.1) is 5.56 Å². The monoisotopic (exact) mass is 584 g/mol. The molecule has 0 saturated heterocycles. The Morgan fingerprint density at radius 1 is 0.854 bits per heavy atom. The molecule has 0 bridgehead atoms. The van der Waals surface area contributed by atoms with Crippen molar-refractivity contribution in [2.45, 2.75) is 77.2 Å². The van der Waals surface area contributed by atoms with Crippen LogP contribution < -0.4 is 9.47 Å². The van der Waals surface area contributed by atoms with Crippen molar-refractivity contribution in [3.8, 4) is 11.5 Å². The SMILES string of the molecule is CCCC1CCC(C2CCC(C=Cc3ccc(C(F)(F)Oc4cc(F)c(OC=C(F)F)c(F)c4)c(F)c3)CC2)CC1. The van der Waals surface area contributed by atoms with Crippen LogP contribution in [0.25, 0.3) is 6.08 Å². The zero-order chi connectivity index (χ0) is 29.6. The molecule has 2 nitrogen and oxygen atoms in total. The van der Waals surface area contributed by atoms with Gasteiger partial charge >= 0.3 is 12.2 Å². The molecule has 0 atom stereocenters. The molecule has 0 spiro atoms. The average molecular weight is 585 g/mol. The topological polar surface area (TPSA) is 18.5 Å². The molecule has 9 heteroatoms. The number of ether oxygens (including phenoxy) is 2. The summed E-state index contributed by atoms with van der Waals surface area (Å²) in [5.41, 5.74) is -0.711. The summed E-state index contributed by atoms with van der Waals surface area (Å²) in [6.07, 6.45) is 9.32. The van der Waals surface area contributed by atoms with Gasteiger partial charge in [-0.15, -0.1) is 0 Å². The number of allylic oxidation sites excluding steroid dienone is 1. The number of hydrogen-bond donors (Lipinski definition) is 0. The van der Waals surface area contributed by atoms with Gasteiger partial charge in [-0.05, 0) is 79.9 Å². The first-order chi connectivity index (χ1) is 19.6. The highest BCUT2D eigenvalue weighted by molar-refractivity contribution is 5.51. The second-order valence-electron chi connectivity index (χ2n) is 11.2. The first-order valence-electron chi connectivity index (χ1n) is 14.3. The summed E-state index contributed by atoms with van der Waals surface area (Å²) in [5, 5.41) is 0. The second-order valence-corrected chi connectivity index (χ2v) is 11.2. The highest BCUT2D eigenvalue weighted by Crippen LogP contribution is 2.43. The van der Waals surface area contributed by atoms with Crippen LogP contribution in [0.15, 0.2) is 48.8 Å². The van der Waals surface area contributed by atoms with Gasteiger partial charge in [0.1, 0.15) is 11.6 Å². The van der Waals surface area contributed by atoms with Crippen LogP contribution >= 0.6 is 0 Å². The molecule has 0 aliphatic heterocycles. The maximum atomic E-state index is 14.7. The normalized spacial score (nSPS) is 23.4. The van der Waals surface area contributed by atoms with Gasteiger partial charge in [0.2, 0.25) is 0 Å². The van der Waals surface area contributed by atoms with Crippen molar-refractivity contribution >= 4 is 6.08 Å². The van der Waals surface area contributed by atoms with Crippen molar-refractivity contribution < 1.29 is 40.2 Å². The Balaban J connectivity index is 1.33. The summed E-state index contributed by atoms with van der Waals surface area (Å²) >= 11 is 0. The summed E-state index contributed by atoms with van der Waals surface area (Å²) in [4.78, 5) is 0. The van der Waals surface area contributed by atoms with Crippen LogP contribution in [-0.2, 0) is 6.11 Å².